The average molecular weight is 382 g/mol. The number of benzene rings is 2. The quantitative estimate of drug-likeness (QED) is 0.656. The first-order chi connectivity index (χ1) is 13.7. The van der Waals surface area contributed by atoms with Crippen LogP contribution in [0.1, 0.15) is 36.0 Å². The van der Waals surface area contributed by atoms with E-state index in [9.17, 15) is 4.79 Å². The van der Waals surface area contributed by atoms with E-state index >= 15 is 0 Å². The standard InChI is InChI=1S/C23H31N3O2/c1-2-12-28-17-20-11-7-6-10-19(20)13-25-23(27)16-26-14-21(22(24)15-26)18-8-4-3-5-9-18/h3-11,21-22H,2,12-17,24H2,1H3,(H,25,27)/t21-,22+/m0/s1. The maximum Gasteiger partial charge on any atom is 0.234 e. The van der Waals surface area contributed by atoms with E-state index in [1.807, 2.05) is 36.4 Å². The minimum Gasteiger partial charge on any atom is -0.377 e. The number of carbonyl (C=O) groups excluding carboxylic acids is 1. The molecule has 3 N–H and O–H groups in total. The molecule has 0 aromatic heterocycles. The molecule has 0 saturated carbocycles. The lowest BCUT2D eigenvalue weighted by molar-refractivity contribution is -0.122. The highest BCUT2D eigenvalue weighted by Crippen LogP contribution is 2.25. The number of hydrogen-bond donors (Lipinski definition) is 2. The normalized spacial score (nSPS) is 19.6. The summed E-state index contributed by atoms with van der Waals surface area (Å²) in [5.74, 6) is 0.315. The largest absolute Gasteiger partial charge is 0.377 e. The number of rotatable bonds is 9. The lowest BCUT2D eigenvalue weighted by Gasteiger charge is -2.16. The van der Waals surface area contributed by atoms with Gasteiger partial charge in [-0.3, -0.25) is 9.69 Å². The molecule has 3 rings (SSSR count). The van der Waals surface area contributed by atoms with Crippen LogP contribution in [0.3, 0.4) is 0 Å². The molecule has 5 nitrogen and oxygen atoms in total. The van der Waals surface area contributed by atoms with Gasteiger partial charge in [0.2, 0.25) is 5.91 Å². The molecule has 0 bridgehead atoms. The Morgan fingerprint density at radius 3 is 2.57 bits per heavy atom. The summed E-state index contributed by atoms with van der Waals surface area (Å²) in [4.78, 5) is 14.6. The van der Waals surface area contributed by atoms with E-state index < -0.39 is 0 Å². The zero-order chi connectivity index (χ0) is 19.8. The Bertz CT molecular complexity index is 751. The number of likely N-dealkylation sites (tertiary alicyclic amines) is 1. The van der Waals surface area contributed by atoms with Gasteiger partial charge in [0, 0.05) is 38.2 Å². The monoisotopic (exact) mass is 381 g/mol. The lowest BCUT2D eigenvalue weighted by atomic mass is 9.95. The van der Waals surface area contributed by atoms with E-state index in [0.717, 1.165) is 37.2 Å². The van der Waals surface area contributed by atoms with Crippen LogP contribution in [0.5, 0.6) is 0 Å². The predicted molar refractivity (Wildman–Crippen MR) is 112 cm³/mol. The Balaban J connectivity index is 1.49. The number of carbonyl (C=O) groups is 1. The number of hydrogen-bond acceptors (Lipinski definition) is 4. The van der Waals surface area contributed by atoms with E-state index in [-0.39, 0.29) is 17.9 Å². The molecule has 0 radical (unpaired) electrons. The molecule has 28 heavy (non-hydrogen) atoms. The first-order valence-corrected chi connectivity index (χ1v) is 10.1. The highest BCUT2D eigenvalue weighted by molar-refractivity contribution is 5.78. The van der Waals surface area contributed by atoms with Crippen molar-refractivity contribution in [1.82, 2.24) is 10.2 Å². The second kappa shape index (κ2) is 10.4. The van der Waals surface area contributed by atoms with Gasteiger partial charge in [0.15, 0.2) is 0 Å². The minimum atomic E-state index is 0.0326. The van der Waals surface area contributed by atoms with Gasteiger partial charge in [-0.25, -0.2) is 0 Å². The molecular formula is C23H31N3O2. The summed E-state index contributed by atoms with van der Waals surface area (Å²) in [5.41, 5.74) is 9.81. The summed E-state index contributed by atoms with van der Waals surface area (Å²) in [5, 5.41) is 3.05. The first kappa shape index (κ1) is 20.5. The number of nitrogens with zero attached hydrogens (tertiary/aromatic N) is 1. The summed E-state index contributed by atoms with van der Waals surface area (Å²) in [6.07, 6.45) is 1.00. The van der Waals surface area contributed by atoms with Crippen molar-refractivity contribution in [3.8, 4) is 0 Å². The van der Waals surface area contributed by atoms with Crippen molar-refractivity contribution in [3.63, 3.8) is 0 Å². The number of nitrogens with one attached hydrogen (secondary N) is 1. The zero-order valence-electron chi connectivity index (χ0n) is 16.6. The van der Waals surface area contributed by atoms with Crippen LogP contribution < -0.4 is 11.1 Å². The van der Waals surface area contributed by atoms with Crippen LogP contribution in [0.2, 0.25) is 0 Å². The van der Waals surface area contributed by atoms with Crippen molar-refractivity contribution in [3.05, 3.63) is 71.3 Å². The van der Waals surface area contributed by atoms with Gasteiger partial charge in [0.25, 0.3) is 0 Å². The molecule has 2 atom stereocenters. The van der Waals surface area contributed by atoms with Gasteiger partial charge in [0.05, 0.1) is 13.2 Å². The third-order valence-corrected chi connectivity index (χ3v) is 5.24. The smallest absolute Gasteiger partial charge is 0.234 e. The van der Waals surface area contributed by atoms with Crippen LogP contribution in [0.4, 0.5) is 0 Å². The Morgan fingerprint density at radius 2 is 1.82 bits per heavy atom. The topological polar surface area (TPSA) is 67.6 Å². The molecule has 1 heterocycles. The van der Waals surface area contributed by atoms with Crippen molar-refractivity contribution >= 4 is 5.91 Å². The zero-order valence-corrected chi connectivity index (χ0v) is 16.6. The second-order valence-corrected chi connectivity index (χ2v) is 7.47. The molecule has 1 aliphatic heterocycles. The fraction of sp³-hybridized carbons (Fsp3) is 0.435. The van der Waals surface area contributed by atoms with Gasteiger partial charge in [-0.2, -0.15) is 0 Å². The van der Waals surface area contributed by atoms with E-state index in [4.69, 9.17) is 10.5 Å². The fourth-order valence-electron chi connectivity index (χ4n) is 3.75. The SMILES string of the molecule is CCCOCc1ccccc1CNC(=O)CN1C[C@@H](N)[C@H](c2ccccc2)C1. The molecule has 2 aromatic carbocycles. The van der Waals surface area contributed by atoms with Crippen LogP contribution in [-0.4, -0.2) is 43.1 Å². The lowest BCUT2D eigenvalue weighted by Crippen LogP contribution is -2.37. The van der Waals surface area contributed by atoms with E-state index in [2.05, 4.69) is 35.3 Å². The van der Waals surface area contributed by atoms with Gasteiger partial charge in [-0.05, 0) is 23.1 Å². The summed E-state index contributed by atoms with van der Waals surface area (Å²) >= 11 is 0. The third kappa shape index (κ3) is 5.64. The molecule has 0 unspecified atom stereocenters. The summed E-state index contributed by atoms with van der Waals surface area (Å²) in [6, 6.07) is 18.5. The molecule has 0 aliphatic carbocycles. The van der Waals surface area contributed by atoms with Gasteiger partial charge < -0.3 is 15.8 Å². The Morgan fingerprint density at radius 1 is 1.11 bits per heavy atom. The predicted octanol–water partition coefficient (Wildman–Crippen LogP) is 2.66. The van der Waals surface area contributed by atoms with Crippen molar-refractivity contribution in [2.45, 2.75) is 38.5 Å². The van der Waals surface area contributed by atoms with E-state index in [1.165, 1.54) is 5.56 Å². The van der Waals surface area contributed by atoms with Gasteiger partial charge >= 0.3 is 0 Å². The molecule has 1 amide bonds. The molecule has 150 valence electrons. The molecule has 1 fully saturated rings. The summed E-state index contributed by atoms with van der Waals surface area (Å²) in [7, 11) is 0. The maximum atomic E-state index is 12.5. The highest BCUT2D eigenvalue weighted by Gasteiger charge is 2.31. The molecular weight excluding hydrogens is 350 g/mol. The maximum absolute atomic E-state index is 12.5. The minimum absolute atomic E-state index is 0.0326. The number of ether oxygens (including phenoxy) is 1. The van der Waals surface area contributed by atoms with Gasteiger partial charge in [0.1, 0.15) is 0 Å². The average Bonchev–Trinajstić information content (AvgIpc) is 3.08. The molecule has 1 aliphatic rings. The molecule has 2 aromatic rings. The van der Waals surface area contributed by atoms with Crippen LogP contribution in [-0.2, 0) is 22.7 Å². The Hall–Kier alpha value is -2.21. The van der Waals surface area contributed by atoms with Crippen molar-refractivity contribution in [2.24, 2.45) is 5.73 Å². The first-order valence-electron chi connectivity index (χ1n) is 10.1. The van der Waals surface area contributed by atoms with Crippen LogP contribution >= 0.6 is 0 Å². The third-order valence-electron chi connectivity index (χ3n) is 5.24. The summed E-state index contributed by atoms with van der Waals surface area (Å²) < 4.78 is 5.65. The van der Waals surface area contributed by atoms with Crippen molar-refractivity contribution < 1.29 is 9.53 Å². The number of nitrogens with two attached hydrogens (primary N) is 1. The van der Waals surface area contributed by atoms with Crippen LogP contribution in [0.25, 0.3) is 0 Å². The van der Waals surface area contributed by atoms with Crippen LogP contribution in [0, 0.1) is 0 Å². The van der Waals surface area contributed by atoms with Crippen molar-refractivity contribution in [2.75, 3.05) is 26.2 Å². The van der Waals surface area contributed by atoms with Gasteiger partial charge in [-0.1, -0.05) is 61.5 Å². The highest BCUT2D eigenvalue weighted by atomic mass is 16.5. The second-order valence-electron chi connectivity index (χ2n) is 7.47. The number of amides is 1. The van der Waals surface area contributed by atoms with E-state index in [1.54, 1.807) is 0 Å². The fourth-order valence-corrected chi connectivity index (χ4v) is 3.75. The molecule has 0 spiro atoms. The Kier molecular flexibility index (Phi) is 7.60. The van der Waals surface area contributed by atoms with Crippen molar-refractivity contribution in [1.29, 1.82) is 0 Å². The Labute approximate surface area is 167 Å². The van der Waals surface area contributed by atoms with Gasteiger partial charge in [-0.15, -0.1) is 0 Å². The van der Waals surface area contributed by atoms with E-state index in [0.29, 0.717) is 19.7 Å². The molecule has 5 heteroatoms. The van der Waals surface area contributed by atoms with Crippen LogP contribution in [0.15, 0.2) is 54.6 Å². The summed E-state index contributed by atoms with van der Waals surface area (Å²) in [6.45, 7) is 5.89. The molecule has 1 saturated heterocycles.